The van der Waals surface area contributed by atoms with E-state index in [1.807, 2.05) is 0 Å². The Bertz CT molecular complexity index is 554. The highest BCUT2D eigenvalue weighted by Crippen LogP contribution is 2.20. The molecule has 0 bridgehead atoms. The number of carbonyl (C=O) groups excluding carboxylic acids is 2. The predicted molar refractivity (Wildman–Crippen MR) is 87.5 cm³/mol. The molecule has 4 heteroatoms. The first-order valence-corrected chi connectivity index (χ1v) is 8.15. The zero-order valence-electron chi connectivity index (χ0n) is 13.8. The Kier molecular flexibility index (Phi) is 5.58. The van der Waals surface area contributed by atoms with Gasteiger partial charge in [-0.25, -0.2) is 0 Å². The molecule has 0 radical (unpaired) electrons. The molecule has 1 atom stereocenters. The molecule has 0 aromatic heterocycles. The van der Waals surface area contributed by atoms with Crippen LogP contribution in [0.5, 0.6) is 0 Å². The molecule has 1 aliphatic heterocycles. The van der Waals surface area contributed by atoms with Crippen molar-refractivity contribution >= 4 is 11.8 Å². The minimum Gasteiger partial charge on any atom is -0.348 e. The van der Waals surface area contributed by atoms with Gasteiger partial charge in [0, 0.05) is 13.0 Å². The van der Waals surface area contributed by atoms with Gasteiger partial charge in [0.1, 0.15) is 0 Å². The molecule has 2 rings (SSSR count). The van der Waals surface area contributed by atoms with Crippen molar-refractivity contribution in [3.8, 4) is 0 Å². The van der Waals surface area contributed by atoms with Crippen molar-refractivity contribution in [3.63, 3.8) is 0 Å². The first kappa shape index (κ1) is 16.5. The molecule has 1 aromatic rings. The summed E-state index contributed by atoms with van der Waals surface area (Å²) in [5.74, 6) is 0.0287. The Morgan fingerprint density at radius 2 is 2.05 bits per heavy atom. The summed E-state index contributed by atoms with van der Waals surface area (Å²) in [5, 5.41) is 3.06. The SMILES string of the molecule is CC[C@@H](NC(=O)CN1CCCCC1=O)c1ccc(C)c(C)c1. The van der Waals surface area contributed by atoms with Crippen LogP contribution >= 0.6 is 0 Å². The van der Waals surface area contributed by atoms with Crippen molar-refractivity contribution in [2.24, 2.45) is 0 Å². The molecule has 1 heterocycles. The number of carbonyl (C=O) groups is 2. The van der Waals surface area contributed by atoms with Gasteiger partial charge in [-0.2, -0.15) is 0 Å². The third kappa shape index (κ3) is 4.09. The van der Waals surface area contributed by atoms with Gasteiger partial charge in [-0.3, -0.25) is 9.59 Å². The zero-order chi connectivity index (χ0) is 16.1. The van der Waals surface area contributed by atoms with Crippen LogP contribution in [0.25, 0.3) is 0 Å². The van der Waals surface area contributed by atoms with Gasteiger partial charge in [-0.05, 0) is 49.8 Å². The van der Waals surface area contributed by atoms with Crippen molar-refractivity contribution < 1.29 is 9.59 Å². The Morgan fingerprint density at radius 3 is 2.68 bits per heavy atom. The van der Waals surface area contributed by atoms with E-state index in [1.54, 1.807) is 4.90 Å². The van der Waals surface area contributed by atoms with E-state index < -0.39 is 0 Å². The normalized spacial score (nSPS) is 16.5. The molecule has 1 aromatic carbocycles. The second-order valence-electron chi connectivity index (χ2n) is 6.14. The summed E-state index contributed by atoms with van der Waals surface area (Å²) in [6.45, 7) is 7.11. The van der Waals surface area contributed by atoms with Crippen molar-refractivity contribution in [3.05, 3.63) is 34.9 Å². The standard InChI is InChI=1S/C18H26N2O2/c1-4-16(15-9-8-13(2)14(3)11-15)19-17(21)12-20-10-6-5-7-18(20)22/h8-9,11,16H,4-7,10,12H2,1-3H3,(H,19,21)/t16-/m1/s1. The second-order valence-corrected chi connectivity index (χ2v) is 6.14. The first-order valence-electron chi connectivity index (χ1n) is 8.15. The van der Waals surface area contributed by atoms with Crippen LogP contribution in [0, 0.1) is 13.8 Å². The van der Waals surface area contributed by atoms with Crippen LogP contribution in [0.1, 0.15) is 55.3 Å². The smallest absolute Gasteiger partial charge is 0.240 e. The number of amides is 2. The molecule has 0 saturated carbocycles. The number of nitrogens with zero attached hydrogens (tertiary/aromatic N) is 1. The predicted octanol–water partition coefficient (Wildman–Crippen LogP) is 2.88. The van der Waals surface area contributed by atoms with E-state index in [9.17, 15) is 9.59 Å². The van der Waals surface area contributed by atoms with E-state index in [0.29, 0.717) is 13.0 Å². The summed E-state index contributed by atoms with van der Waals surface area (Å²) in [7, 11) is 0. The molecule has 4 nitrogen and oxygen atoms in total. The summed E-state index contributed by atoms with van der Waals surface area (Å²) in [5.41, 5.74) is 3.61. The fourth-order valence-electron chi connectivity index (χ4n) is 2.84. The van der Waals surface area contributed by atoms with Gasteiger partial charge < -0.3 is 10.2 Å². The molecular weight excluding hydrogens is 276 g/mol. The summed E-state index contributed by atoms with van der Waals surface area (Å²) >= 11 is 0. The maximum atomic E-state index is 12.2. The van der Waals surface area contributed by atoms with E-state index in [0.717, 1.165) is 24.8 Å². The van der Waals surface area contributed by atoms with Gasteiger partial charge in [0.2, 0.25) is 11.8 Å². The largest absolute Gasteiger partial charge is 0.348 e. The lowest BCUT2D eigenvalue weighted by Gasteiger charge is -2.27. The number of likely N-dealkylation sites (tertiary alicyclic amines) is 1. The molecule has 0 spiro atoms. The number of benzene rings is 1. The highest BCUT2D eigenvalue weighted by Gasteiger charge is 2.21. The molecule has 0 aliphatic carbocycles. The maximum absolute atomic E-state index is 12.2. The number of hydrogen-bond acceptors (Lipinski definition) is 2. The minimum absolute atomic E-state index is 0.00620. The Labute approximate surface area is 132 Å². The fraction of sp³-hybridized carbons (Fsp3) is 0.556. The Balaban J connectivity index is 1.98. The van der Waals surface area contributed by atoms with Crippen molar-refractivity contribution in [2.45, 2.75) is 52.5 Å². The van der Waals surface area contributed by atoms with Crippen LogP contribution in [0.3, 0.4) is 0 Å². The van der Waals surface area contributed by atoms with E-state index in [2.05, 4.69) is 44.3 Å². The van der Waals surface area contributed by atoms with E-state index in [4.69, 9.17) is 0 Å². The summed E-state index contributed by atoms with van der Waals surface area (Å²) in [4.78, 5) is 25.7. The Morgan fingerprint density at radius 1 is 1.27 bits per heavy atom. The molecule has 2 amide bonds. The van der Waals surface area contributed by atoms with Crippen LogP contribution < -0.4 is 5.32 Å². The van der Waals surface area contributed by atoms with Gasteiger partial charge in [-0.15, -0.1) is 0 Å². The van der Waals surface area contributed by atoms with Crippen molar-refractivity contribution in [1.29, 1.82) is 0 Å². The highest BCUT2D eigenvalue weighted by atomic mass is 16.2. The molecule has 1 aliphatic rings. The lowest BCUT2D eigenvalue weighted by molar-refractivity contribution is -0.138. The Hall–Kier alpha value is -1.84. The molecule has 1 N–H and O–H groups in total. The van der Waals surface area contributed by atoms with Crippen molar-refractivity contribution in [1.82, 2.24) is 10.2 Å². The van der Waals surface area contributed by atoms with Crippen LogP contribution in [0.4, 0.5) is 0 Å². The van der Waals surface area contributed by atoms with E-state index >= 15 is 0 Å². The zero-order valence-corrected chi connectivity index (χ0v) is 13.8. The van der Waals surface area contributed by atoms with E-state index in [1.165, 1.54) is 11.1 Å². The number of nitrogens with one attached hydrogen (secondary N) is 1. The average molecular weight is 302 g/mol. The van der Waals surface area contributed by atoms with Crippen LogP contribution in [-0.4, -0.2) is 29.8 Å². The topological polar surface area (TPSA) is 49.4 Å². The van der Waals surface area contributed by atoms with Gasteiger partial charge in [0.15, 0.2) is 0 Å². The molecular formula is C18H26N2O2. The number of hydrogen-bond donors (Lipinski definition) is 1. The molecule has 1 saturated heterocycles. The highest BCUT2D eigenvalue weighted by molar-refractivity contribution is 5.85. The van der Waals surface area contributed by atoms with Gasteiger partial charge in [-0.1, -0.05) is 25.1 Å². The lowest BCUT2D eigenvalue weighted by atomic mass is 9.99. The number of rotatable bonds is 5. The van der Waals surface area contributed by atoms with E-state index in [-0.39, 0.29) is 24.4 Å². The third-order valence-corrected chi connectivity index (χ3v) is 4.43. The van der Waals surface area contributed by atoms with Crippen LogP contribution in [0.15, 0.2) is 18.2 Å². The van der Waals surface area contributed by atoms with Gasteiger partial charge in [0.05, 0.1) is 12.6 Å². The van der Waals surface area contributed by atoms with Gasteiger partial charge in [0.25, 0.3) is 0 Å². The van der Waals surface area contributed by atoms with Gasteiger partial charge >= 0.3 is 0 Å². The lowest BCUT2D eigenvalue weighted by Crippen LogP contribution is -2.43. The van der Waals surface area contributed by atoms with Crippen LogP contribution in [0.2, 0.25) is 0 Å². The molecule has 120 valence electrons. The summed E-state index contributed by atoms with van der Waals surface area (Å²) in [6.07, 6.45) is 3.34. The molecule has 22 heavy (non-hydrogen) atoms. The quantitative estimate of drug-likeness (QED) is 0.909. The number of piperidine rings is 1. The second kappa shape index (κ2) is 7.43. The fourth-order valence-corrected chi connectivity index (χ4v) is 2.84. The monoisotopic (exact) mass is 302 g/mol. The molecule has 1 fully saturated rings. The average Bonchev–Trinajstić information content (AvgIpc) is 2.50. The third-order valence-electron chi connectivity index (χ3n) is 4.43. The summed E-state index contributed by atoms with van der Waals surface area (Å²) in [6, 6.07) is 6.30. The van der Waals surface area contributed by atoms with Crippen LogP contribution in [-0.2, 0) is 9.59 Å². The minimum atomic E-state index is -0.0691. The first-order chi connectivity index (χ1) is 10.5. The molecule has 0 unspecified atom stereocenters. The maximum Gasteiger partial charge on any atom is 0.240 e. The number of aryl methyl sites for hydroxylation is 2. The van der Waals surface area contributed by atoms with Crippen molar-refractivity contribution in [2.75, 3.05) is 13.1 Å². The summed E-state index contributed by atoms with van der Waals surface area (Å²) < 4.78 is 0.